The minimum Gasteiger partial charge on any atom is -0.333 e. The minimum absolute atomic E-state index is 0.204. The van der Waals surface area contributed by atoms with Crippen molar-refractivity contribution in [1.82, 2.24) is 21.3 Å². The SMILES string of the molecule is O=C(NC(NCCC12CC3CC(C1)CC(CCNC(NC(=O)c1ccccc1)c1cccc(F)c1)(C3)C2)c1cccc(F)c1)c1ccccc1. The summed E-state index contributed by atoms with van der Waals surface area (Å²) in [5, 5.41) is 13.4. The molecule has 4 saturated carbocycles. The minimum atomic E-state index is -0.517. The zero-order valence-corrected chi connectivity index (χ0v) is 28.3. The zero-order chi connectivity index (χ0) is 34.6. The Hall–Kier alpha value is -4.40. The van der Waals surface area contributed by atoms with E-state index < -0.39 is 12.3 Å². The molecule has 0 saturated heterocycles. The standard InChI is InChI=1S/C42H46F2N4O2/c43-35-15-7-13-33(22-35)37(47-39(49)31-9-3-1-4-10-31)45-19-17-41-24-29-21-30(25-41)27-42(26-29,28-41)18-20-46-38(34-14-8-16-36(44)23-34)48-40(50)32-11-5-2-6-12-32/h1-16,22-23,29-30,37-38,45-46H,17-21,24-28H2,(H,47,49)(H,48,50). The van der Waals surface area contributed by atoms with E-state index in [1.54, 1.807) is 36.4 Å². The Bertz CT molecular complexity index is 1640. The first-order chi connectivity index (χ1) is 24.3. The second-order valence-corrected chi connectivity index (χ2v) is 15.0. The number of benzene rings is 4. The monoisotopic (exact) mass is 676 g/mol. The molecule has 4 aromatic rings. The highest BCUT2D eigenvalue weighted by atomic mass is 19.1. The van der Waals surface area contributed by atoms with Gasteiger partial charge in [-0.2, -0.15) is 0 Å². The van der Waals surface area contributed by atoms with E-state index in [1.807, 2.05) is 48.5 Å². The van der Waals surface area contributed by atoms with Gasteiger partial charge in [0.1, 0.15) is 24.0 Å². The molecule has 0 spiro atoms. The first-order valence-corrected chi connectivity index (χ1v) is 18.0. The molecule has 0 aromatic heterocycles. The van der Waals surface area contributed by atoms with Crippen LogP contribution in [0, 0.1) is 34.3 Å². The summed E-state index contributed by atoms with van der Waals surface area (Å²) >= 11 is 0. The number of hydrogen-bond acceptors (Lipinski definition) is 4. The van der Waals surface area contributed by atoms with Crippen molar-refractivity contribution in [3.05, 3.63) is 143 Å². The number of amides is 2. The molecule has 4 aromatic carbocycles. The second-order valence-electron chi connectivity index (χ2n) is 15.0. The molecule has 8 heteroatoms. The summed E-state index contributed by atoms with van der Waals surface area (Å²) < 4.78 is 28.6. The Morgan fingerprint density at radius 2 is 1.02 bits per heavy atom. The predicted molar refractivity (Wildman–Crippen MR) is 191 cm³/mol. The lowest BCUT2D eigenvalue weighted by molar-refractivity contribution is -0.116. The first kappa shape index (κ1) is 34.1. The fourth-order valence-corrected chi connectivity index (χ4v) is 9.68. The maximum atomic E-state index is 14.3. The van der Waals surface area contributed by atoms with Gasteiger partial charge in [0.05, 0.1) is 0 Å². The van der Waals surface area contributed by atoms with Crippen LogP contribution in [-0.4, -0.2) is 24.9 Å². The lowest BCUT2D eigenvalue weighted by Crippen LogP contribution is -2.53. The van der Waals surface area contributed by atoms with Crippen LogP contribution in [0.15, 0.2) is 109 Å². The van der Waals surface area contributed by atoms with Crippen molar-refractivity contribution in [2.24, 2.45) is 22.7 Å². The Labute approximate surface area is 293 Å². The van der Waals surface area contributed by atoms with E-state index in [1.165, 1.54) is 56.4 Å². The number of halogens is 2. The van der Waals surface area contributed by atoms with Crippen LogP contribution in [0.2, 0.25) is 0 Å². The average molecular weight is 677 g/mol. The topological polar surface area (TPSA) is 82.3 Å². The van der Waals surface area contributed by atoms with Gasteiger partial charge in [0.15, 0.2) is 0 Å². The van der Waals surface area contributed by atoms with Gasteiger partial charge in [-0.25, -0.2) is 8.78 Å². The fraction of sp³-hybridized carbons (Fsp3) is 0.381. The molecule has 6 nitrogen and oxygen atoms in total. The third-order valence-electron chi connectivity index (χ3n) is 11.3. The molecule has 2 atom stereocenters. The molecule has 8 rings (SSSR count). The summed E-state index contributed by atoms with van der Waals surface area (Å²) in [6, 6.07) is 31.0. The molecule has 0 radical (unpaired) electrons. The molecule has 0 heterocycles. The van der Waals surface area contributed by atoms with E-state index in [0.717, 1.165) is 19.3 Å². The van der Waals surface area contributed by atoms with Crippen molar-refractivity contribution < 1.29 is 18.4 Å². The number of rotatable bonds is 14. The summed E-state index contributed by atoms with van der Waals surface area (Å²) in [6.07, 6.45) is 8.28. The number of hydrogen-bond donors (Lipinski definition) is 4. The van der Waals surface area contributed by atoms with Crippen molar-refractivity contribution in [2.45, 2.75) is 63.7 Å². The van der Waals surface area contributed by atoms with Crippen molar-refractivity contribution in [3.63, 3.8) is 0 Å². The van der Waals surface area contributed by atoms with Crippen molar-refractivity contribution in [1.29, 1.82) is 0 Å². The number of carbonyl (C=O) groups is 2. The molecular formula is C42H46F2N4O2. The molecular weight excluding hydrogens is 630 g/mol. The zero-order valence-electron chi connectivity index (χ0n) is 28.3. The molecule has 260 valence electrons. The summed E-state index contributed by atoms with van der Waals surface area (Å²) in [6.45, 7) is 1.41. The molecule has 4 N–H and O–H groups in total. The quantitative estimate of drug-likeness (QED) is 0.102. The predicted octanol–water partition coefficient (Wildman–Crippen LogP) is 8.07. The van der Waals surface area contributed by atoms with Crippen LogP contribution >= 0.6 is 0 Å². The van der Waals surface area contributed by atoms with Gasteiger partial charge >= 0.3 is 0 Å². The molecule has 0 aliphatic heterocycles. The van der Waals surface area contributed by atoms with Crippen LogP contribution in [0.1, 0.15) is 95.5 Å². The molecule has 2 unspecified atom stereocenters. The van der Waals surface area contributed by atoms with Crippen LogP contribution < -0.4 is 21.3 Å². The van der Waals surface area contributed by atoms with Gasteiger partial charge in [0, 0.05) is 11.1 Å². The highest BCUT2D eigenvalue weighted by Gasteiger charge is 2.56. The van der Waals surface area contributed by atoms with Gasteiger partial charge in [-0.3, -0.25) is 20.2 Å². The Morgan fingerprint density at radius 3 is 1.42 bits per heavy atom. The highest BCUT2D eigenvalue weighted by molar-refractivity contribution is 5.94. The normalized spacial score (nSPS) is 24.8. The summed E-state index contributed by atoms with van der Waals surface area (Å²) in [4.78, 5) is 26.3. The van der Waals surface area contributed by atoms with Gasteiger partial charge in [0.2, 0.25) is 0 Å². The number of nitrogens with one attached hydrogen (secondary N) is 4. The van der Waals surface area contributed by atoms with Gasteiger partial charge in [0.25, 0.3) is 11.8 Å². The van der Waals surface area contributed by atoms with Crippen LogP contribution in [0.5, 0.6) is 0 Å². The van der Waals surface area contributed by atoms with Crippen molar-refractivity contribution in [3.8, 4) is 0 Å². The largest absolute Gasteiger partial charge is 0.333 e. The molecule has 4 aliphatic rings. The Morgan fingerprint density at radius 1 is 0.600 bits per heavy atom. The number of carbonyl (C=O) groups excluding carboxylic acids is 2. The Balaban J connectivity index is 1.01. The van der Waals surface area contributed by atoms with E-state index >= 15 is 0 Å². The van der Waals surface area contributed by atoms with E-state index in [0.29, 0.717) is 47.2 Å². The maximum absolute atomic E-state index is 14.3. The summed E-state index contributed by atoms with van der Waals surface area (Å²) in [7, 11) is 0. The van der Waals surface area contributed by atoms with E-state index in [2.05, 4.69) is 21.3 Å². The highest BCUT2D eigenvalue weighted by Crippen LogP contribution is 2.67. The van der Waals surface area contributed by atoms with Gasteiger partial charge < -0.3 is 10.6 Å². The lowest BCUT2D eigenvalue weighted by Gasteiger charge is -2.63. The third kappa shape index (κ3) is 7.98. The molecule has 2 amide bonds. The summed E-state index contributed by atoms with van der Waals surface area (Å²) in [5.74, 6) is 0.322. The van der Waals surface area contributed by atoms with E-state index in [4.69, 9.17) is 0 Å². The lowest BCUT2D eigenvalue weighted by atomic mass is 9.43. The molecule has 50 heavy (non-hydrogen) atoms. The summed E-state index contributed by atoms with van der Waals surface area (Å²) in [5.41, 5.74) is 2.94. The van der Waals surface area contributed by atoms with Crippen LogP contribution in [0.3, 0.4) is 0 Å². The van der Waals surface area contributed by atoms with Crippen molar-refractivity contribution in [2.75, 3.05) is 13.1 Å². The third-order valence-corrected chi connectivity index (χ3v) is 11.3. The smallest absolute Gasteiger partial charge is 0.252 e. The maximum Gasteiger partial charge on any atom is 0.252 e. The Kier molecular flexibility index (Phi) is 10.1. The van der Waals surface area contributed by atoms with Gasteiger partial charge in [-0.05, 0) is 147 Å². The fourth-order valence-electron chi connectivity index (χ4n) is 9.68. The van der Waals surface area contributed by atoms with Crippen LogP contribution in [-0.2, 0) is 0 Å². The van der Waals surface area contributed by atoms with Crippen LogP contribution in [0.25, 0.3) is 0 Å². The van der Waals surface area contributed by atoms with Crippen LogP contribution in [0.4, 0.5) is 8.78 Å². The van der Waals surface area contributed by atoms with E-state index in [9.17, 15) is 18.4 Å². The first-order valence-electron chi connectivity index (χ1n) is 18.0. The molecule has 4 fully saturated rings. The van der Waals surface area contributed by atoms with E-state index in [-0.39, 0.29) is 34.3 Å². The molecule has 4 bridgehead atoms. The van der Waals surface area contributed by atoms with Crippen molar-refractivity contribution >= 4 is 11.8 Å². The van der Waals surface area contributed by atoms with Gasteiger partial charge in [-0.1, -0.05) is 60.7 Å². The molecule has 4 aliphatic carbocycles. The average Bonchev–Trinajstić information content (AvgIpc) is 3.11. The second kappa shape index (κ2) is 14.8. The van der Waals surface area contributed by atoms with Gasteiger partial charge in [-0.15, -0.1) is 0 Å².